The van der Waals surface area contributed by atoms with Gasteiger partial charge < -0.3 is 5.32 Å². The highest BCUT2D eigenvalue weighted by Gasteiger charge is 2.22. The highest BCUT2D eigenvalue weighted by Crippen LogP contribution is 2.28. The first kappa shape index (κ1) is 18.8. The van der Waals surface area contributed by atoms with Crippen LogP contribution in [0, 0.1) is 19.7 Å². The summed E-state index contributed by atoms with van der Waals surface area (Å²) in [4.78, 5) is 31.6. The molecular formula is C21H22FN3O2S. The van der Waals surface area contributed by atoms with E-state index < -0.39 is 0 Å². The van der Waals surface area contributed by atoms with Gasteiger partial charge in [0.2, 0.25) is 0 Å². The molecule has 1 aliphatic heterocycles. The van der Waals surface area contributed by atoms with Crippen LogP contribution in [0.2, 0.25) is 0 Å². The lowest BCUT2D eigenvalue weighted by atomic mass is 10.1. The summed E-state index contributed by atoms with van der Waals surface area (Å²) in [5.41, 5.74) is 2.02. The van der Waals surface area contributed by atoms with Crippen molar-refractivity contribution in [1.29, 1.82) is 0 Å². The second-order valence-corrected chi connectivity index (χ2v) is 8.30. The van der Waals surface area contributed by atoms with E-state index in [9.17, 15) is 14.0 Å². The fourth-order valence-corrected chi connectivity index (χ4v) is 4.81. The van der Waals surface area contributed by atoms with Gasteiger partial charge in [-0.2, -0.15) is 0 Å². The Morgan fingerprint density at radius 1 is 1.29 bits per heavy atom. The van der Waals surface area contributed by atoms with Crippen LogP contribution >= 0.6 is 11.3 Å². The average molecular weight is 399 g/mol. The molecule has 28 heavy (non-hydrogen) atoms. The molecule has 0 bridgehead atoms. The van der Waals surface area contributed by atoms with E-state index in [0.717, 1.165) is 37.1 Å². The van der Waals surface area contributed by atoms with Gasteiger partial charge in [0.1, 0.15) is 16.5 Å². The van der Waals surface area contributed by atoms with Crippen LogP contribution in [0.3, 0.4) is 0 Å². The molecule has 0 fully saturated rings. The van der Waals surface area contributed by atoms with Gasteiger partial charge in [0.15, 0.2) is 0 Å². The fraction of sp³-hybridized carbons (Fsp3) is 0.381. The summed E-state index contributed by atoms with van der Waals surface area (Å²) in [6.07, 6.45) is 3.92. The minimum Gasteiger partial charge on any atom is -0.347 e. The molecule has 0 saturated carbocycles. The van der Waals surface area contributed by atoms with Gasteiger partial charge in [0, 0.05) is 19.5 Å². The predicted molar refractivity (Wildman–Crippen MR) is 108 cm³/mol. The number of hydrogen-bond acceptors (Lipinski definition) is 4. The monoisotopic (exact) mass is 399 g/mol. The van der Waals surface area contributed by atoms with Crippen molar-refractivity contribution in [3.8, 4) is 0 Å². The molecule has 7 heteroatoms. The third-order valence-corrected chi connectivity index (χ3v) is 6.48. The Hall–Kier alpha value is -2.54. The highest BCUT2D eigenvalue weighted by atomic mass is 32.1. The number of nitrogens with zero attached hydrogens (tertiary/aromatic N) is 2. The Bertz CT molecular complexity index is 1130. The maximum absolute atomic E-state index is 13.4. The molecule has 0 spiro atoms. The molecule has 0 saturated heterocycles. The van der Waals surface area contributed by atoms with E-state index in [-0.39, 0.29) is 17.3 Å². The van der Waals surface area contributed by atoms with Crippen LogP contribution in [0.15, 0.2) is 23.0 Å². The minimum absolute atomic E-state index is 0.0381. The van der Waals surface area contributed by atoms with Crippen molar-refractivity contribution in [3.63, 3.8) is 0 Å². The van der Waals surface area contributed by atoms with Crippen LogP contribution < -0.4 is 10.9 Å². The maximum Gasteiger partial charge on any atom is 0.262 e. The molecule has 1 N–H and O–H groups in total. The molecule has 2 aromatic heterocycles. The molecule has 5 nitrogen and oxygen atoms in total. The SMILES string of the molecule is Cc1cc(CNC(=O)c2sc3nc4n(c(=O)c3c2C)CCCCC4)ccc1F. The molecule has 3 heterocycles. The molecule has 3 aromatic rings. The molecule has 0 atom stereocenters. The van der Waals surface area contributed by atoms with Crippen LogP contribution in [-0.4, -0.2) is 15.5 Å². The fourth-order valence-electron chi connectivity index (χ4n) is 3.71. The van der Waals surface area contributed by atoms with E-state index in [1.54, 1.807) is 23.6 Å². The molecule has 0 aliphatic carbocycles. The van der Waals surface area contributed by atoms with E-state index in [2.05, 4.69) is 5.32 Å². The van der Waals surface area contributed by atoms with Gasteiger partial charge in [-0.25, -0.2) is 9.37 Å². The smallest absolute Gasteiger partial charge is 0.262 e. The van der Waals surface area contributed by atoms with Crippen LogP contribution in [0.25, 0.3) is 10.2 Å². The molecule has 146 valence electrons. The lowest BCUT2D eigenvalue weighted by Gasteiger charge is -2.08. The Morgan fingerprint density at radius 3 is 2.89 bits per heavy atom. The summed E-state index contributed by atoms with van der Waals surface area (Å²) in [5.74, 6) is 0.328. The van der Waals surface area contributed by atoms with Crippen LogP contribution in [0.1, 0.15) is 51.4 Å². The summed E-state index contributed by atoms with van der Waals surface area (Å²) in [6, 6.07) is 4.78. The molecular weight excluding hydrogens is 377 g/mol. The highest BCUT2D eigenvalue weighted by molar-refractivity contribution is 7.20. The maximum atomic E-state index is 13.4. The van der Waals surface area contributed by atoms with Crippen molar-refractivity contribution >= 4 is 27.5 Å². The summed E-state index contributed by atoms with van der Waals surface area (Å²) in [5, 5.41) is 3.43. The van der Waals surface area contributed by atoms with Gasteiger partial charge in [0.05, 0.1) is 10.3 Å². The van der Waals surface area contributed by atoms with Crippen molar-refractivity contribution < 1.29 is 9.18 Å². The second-order valence-electron chi connectivity index (χ2n) is 7.30. The number of amides is 1. The standard InChI is InChI=1S/C21H22FN3O2S/c1-12-10-14(7-8-15(12)22)11-23-19(26)18-13(2)17-20(28-18)24-16-6-4-3-5-9-25(16)21(17)27/h7-8,10H,3-6,9,11H2,1-2H3,(H,23,26). The van der Waals surface area contributed by atoms with Crippen molar-refractivity contribution in [2.75, 3.05) is 0 Å². The number of fused-ring (bicyclic) bond motifs is 2. The van der Waals surface area contributed by atoms with Crippen molar-refractivity contribution in [1.82, 2.24) is 14.9 Å². The zero-order valence-corrected chi connectivity index (χ0v) is 16.8. The summed E-state index contributed by atoms with van der Waals surface area (Å²) < 4.78 is 15.2. The Morgan fingerprint density at radius 2 is 2.11 bits per heavy atom. The Kier molecular flexibility index (Phi) is 5.02. The second kappa shape index (κ2) is 7.47. The number of thiophene rings is 1. The van der Waals surface area contributed by atoms with Gasteiger partial charge in [0.25, 0.3) is 11.5 Å². The normalized spacial score (nSPS) is 14.0. The van der Waals surface area contributed by atoms with Gasteiger partial charge in [-0.05, 0) is 49.4 Å². The molecule has 1 amide bonds. The van der Waals surface area contributed by atoms with Gasteiger partial charge in [-0.3, -0.25) is 14.2 Å². The number of rotatable bonds is 3. The van der Waals surface area contributed by atoms with Gasteiger partial charge in [-0.15, -0.1) is 11.3 Å². The zero-order chi connectivity index (χ0) is 19.8. The van der Waals surface area contributed by atoms with E-state index in [0.29, 0.717) is 39.3 Å². The summed E-state index contributed by atoms with van der Waals surface area (Å²) >= 11 is 1.27. The predicted octanol–water partition coefficient (Wildman–Crippen LogP) is 3.87. The van der Waals surface area contributed by atoms with Gasteiger partial charge >= 0.3 is 0 Å². The molecule has 1 aliphatic rings. The summed E-state index contributed by atoms with van der Waals surface area (Å²) in [7, 11) is 0. The average Bonchev–Trinajstić information content (AvgIpc) is 2.85. The number of carbonyl (C=O) groups excluding carboxylic acids is 1. The largest absolute Gasteiger partial charge is 0.347 e. The van der Waals surface area contributed by atoms with E-state index in [1.165, 1.54) is 17.4 Å². The van der Waals surface area contributed by atoms with Crippen LogP contribution in [0.5, 0.6) is 0 Å². The molecule has 4 rings (SSSR count). The number of halogens is 1. The quantitative estimate of drug-likeness (QED) is 0.727. The first-order valence-electron chi connectivity index (χ1n) is 9.51. The Labute approximate surface area is 166 Å². The minimum atomic E-state index is -0.262. The van der Waals surface area contributed by atoms with E-state index in [1.807, 2.05) is 6.92 Å². The molecule has 0 unspecified atom stereocenters. The molecule has 0 radical (unpaired) electrons. The number of benzene rings is 1. The Balaban J connectivity index is 1.64. The van der Waals surface area contributed by atoms with Crippen molar-refractivity contribution in [3.05, 3.63) is 61.8 Å². The first-order valence-corrected chi connectivity index (χ1v) is 10.3. The third kappa shape index (κ3) is 3.35. The molecule has 1 aromatic carbocycles. The van der Waals surface area contributed by atoms with E-state index >= 15 is 0 Å². The lowest BCUT2D eigenvalue weighted by Crippen LogP contribution is -2.25. The number of hydrogen-bond donors (Lipinski definition) is 1. The van der Waals surface area contributed by atoms with Crippen molar-refractivity contribution in [2.24, 2.45) is 0 Å². The first-order chi connectivity index (χ1) is 13.5. The number of nitrogens with one attached hydrogen (secondary N) is 1. The number of carbonyl (C=O) groups is 1. The zero-order valence-electron chi connectivity index (χ0n) is 16.0. The number of aryl methyl sites for hydroxylation is 3. The third-order valence-electron chi connectivity index (χ3n) is 5.29. The van der Waals surface area contributed by atoms with E-state index in [4.69, 9.17) is 4.98 Å². The van der Waals surface area contributed by atoms with Crippen LogP contribution in [0.4, 0.5) is 4.39 Å². The van der Waals surface area contributed by atoms with Crippen LogP contribution in [-0.2, 0) is 19.5 Å². The van der Waals surface area contributed by atoms with Crippen molar-refractivity contribution in [2.45, 2.75) is 52.6 Å². The lowest BCUT2D eigenvalue weighted by molar-refractivity contribution is 0.0954. The number of aromatic nitrogens is 2. The summed E-state index contributed by atoms with van der Waals surface area (Å²) in [6.45, 7) is 4.50. The topological polar surface area (TPSA) is 64.0 Å². The van der Waals surface area contributed by atoms with Gasteiger partial charge in [-0.1, -0.05) is 18.6 Å².